The Morgan fingerprint density at radius 3 is 1.84 bits per heavy atom. The minimum atomic E-state index is 0.265. The zero-order chi connectivity index (χ0) is 13.5. The highest BCUT2D eigenvalue weighted by atomic mass is 32.1. The lowest BCUT2D eigenvalue weighted by Crippen LogP contribution is -2.10. The average molecular weight is 270 g/mol. The van der Waals surface area contributed by atoms with Crippen molar-refractivity contribution in [2.45, 2.75) is 19.3 Å². The number of hydrogen-bond acceptors (Lipinski definition) is 2. The fourth-order valence-electron chi connectivity index (χ4n) is 2.19. The van der Waals surface area contributed by atoms with Gasteiger partial charge in [-0.25, -0.2) is 0 Å². The molecule has 0 spiro atoms. The van der Waals surface area contributed by atoms with E-state index in [1.165, 1.54) is 11.1 Å². The molecule has 98 valence electrons. The van der Waals surface area contributed by atoms with Crippen molar-refractivity contribution >= 4 is 17.3 Å². The number of ether oxygens (including phenoxy) is 1. The topological polar surface area (TPSA) is 9.23 Å². The van der Waals surface area contributed by atoms with Crippen LogP contribution in [0.3, 0.4) is 0 Å². The second kappa shape index (κ2) is 7.05. The van der Waals surface area contributed by atoms with Gasteiger partial charge >= 0.3 is 0 Å². The fourth-order valence-corrected chi connectivity index (χ4v) is 2.47. The van der Waals surface area contributed by atoms with Crippen LogP contribution in [0.4, 0.5) is 0 Å². The first-order valence-corrected chi connectivity index (χ1v) is 6.97. The summed E-state index contributed by atoms with van der Waals surface area (Å²) in [4.78, 5) is 0. The number of benzene rings is 2. The van der Waals surface area contributed by atoms with Gasteiger partial charge in [-0.2, -0.15) is 0 Å². The molecule has 0 saturated heterocycles. The van der Waals surface area contributed by atoms with E-state index in [1.54, 1.807) is 0 Å². The first-order chi connectivity index (χ1) is 9.31. The number of hydrogen-bond donors (Lipinski definition) is 0. The number of thiocarbonyl (C=S) groups is 1. The van der Waals surface area contributed by atoms with Crippen molar-refractivity contribution < 1.29 is 4.74 Å². The van der Waals surface area contributed by atoms with Gasteiger partial charge in [0.2, 0.25) is 0 Å². The summed E-state index contributed by atoms with van der Waals surface area (Å²) in [7, 11) is 0. The zero-order valence-electron chi connectivity index (χ0n) is 11.1. The molecule has 0 aliphatic carbocycles. The van der Waals surface area contributed by atoms with Crippen LogP contribution in [0.25, 0.3) is 0 Å². The molecule has 0 aromatic heterocycles. The third-order valence-electron chi connectivity index (χ3n) is 3.08. The molecule has 1 nitrogen and oxygen atoms in total. The summed E-state index contributed by atoms with van der Waals surface area (Å²) in [6.07, 6.45) is 0.747. The molecule has 0 unspecified atom stereocenters. The first kappa shape index (κ1) is 13.8. The van der Waals surface area contributed by atoms with Crippen molar-refractivity contribution in [1.82, 2.24) is 0 Å². The van der Waals surface area contributed by atoms with Crippen LogP contribution < -0.4 is 0 Å². The normalized spacial score (nSPS) is 10.4. The van der Waals surface area contributed by atoms with E-state index in [0.29, 0.717) is 11.7 Å². The summed E-state index contributed by atoms with van der Waals surface area (Å²) in [6, 6.07) is 20.9. The summed E-state index contributed by atoms with van der Waals surface area (Å²) < 4.78 is 5.45. The van der Waals surface area contributed by atoms with E-state index >= 15 is 0 Å². The van der Waals surface area contributed by atoms with E-state index in [2.05, 4.69) is 48.5 Å². The molecule has 0 N–H and O–H groups in total. The van der Waals surface area contributed by atoms with Gasteiger partial charge in [0.1, 0.15) is 0 Å². The van der Waals surface area contributed by atoms with E-state index < -0.39 is 0 Å². The Labute approximate surface area is 120 Å². The van der Waals surface area contributed by atoms with Gasteiger partial charge in [0.15, 0.2) is 5.05 Å². The lowest BCUT2D eigenvalue weighted by molar-refractivity contribution is 0.325. The lowest BCUT2D eigenvalue weighted by atomic mass is 9.89. The molecule has 0 aliphatic heterocycles. The minimum Gasteiger partial charge on any atom is -0.487 e. The second-order valence-electron chi connectivity index (χ2n) is 4.38. The van der Waals surface area contributed by atoms with Crippen LogP contribution in [-0.2, 0) is 4.74 Å². The molecule has 2 heteroatoms. The van der Waals surface area contributed by atoms with Gasteiger partial charge in [-0.3, -0.25) is 0 Å². The SMILES string of the molecule is CCOC(=S)CC(c1ccccc1)c1ccccc1. The first-order valence-electron chi connectivity index (χ1n) is 6.56. The molecule has 0 heterocycles. The maximum absolute atomic E-state index is 5.45. The third-order valence-corrected chi connectivity index (χ3v) is 3.36. The summed E-state index contributed by atoms with van der Waals surface area (Å²) in [5.41, 5.74) is 2.55. The number of rotatable bonds is 5. The lowest BCUT2D eigenvalue weighted by Gasteiger charge is -2.18. The molecule has 2 rings (SSSR count). The molecular weight excluding hydrogens is 252 g/mol. The van der Waals surface area contributed by atoms with Gasteiger partial charge in [-0.1, -0.05) is 60.7 Å². The molecule has 0 atom stereocenters. The van der Waals surface area contributed by atoms with E-state index in [1.807, 2.05) is 19.1 Å². The van der Waals surface area contributed by atoms with Crippen LogP contribution >= 0.6 is 12.2 Å². The molecule has 0 saturated carbocycles. The summed E-state index contributed by atoms with van der Waals surface area (Å²) in [6.45, 7) is 2.60. The van der Waals surface area contributed by atoms with Crippen LogP contribution in [0.15, 0.2) is 60.7 Å². The Morgan fingerprint density at radius 1 is 0.947 bits per heavy atom. The molecule has 0 fully saturated rings. The molecule has 0 radical (unpaired) electrons. The highest BCUT2D eigenvalue weighted by Gasteiger charge is 2.16. The highest BCUT2D eigenvalue weighted by Crippen LogP contribution is 2.28. The van der Waals surface area contributed by atoms with Crippen LogP contribution in [0.5, 0.6) is 0 Å². The quantitative estimate of drug-likeness (QED) is 0.736. The van der Waals surface area contributed by atoms with Crippen LogP contribution in [0, 0.1) is 0 Å². The molecule has 0 bridgehead atoms. The minimum absolute atomic E-state index is 0.265. The molecular formula is C17H18OS. The third kappa shape index (κ3) is 3.90. The van der Waals surface area contributed by atoms with Crippen molar-refractivity contribution in [2.24, 2.45) is 0 Å². The summed E-state index contributed by atoms with van der Waals surface area (Å²) in [5, 5.41) is 0.681. The predicted octanol–water partition coefficient (Wildman–Crippen LogP) is 4.57. The van der Waals surface area contributed by atoms with Crippen molar-refractivity contribution in [1.29, 1.82) is 0 Å². The maximum Gasteiger partial charge on any atom is 0.160 e. The van der Waals surface area contributed by atoms with Gasteiger partial charge in [-0.05, 0) is 30.3 Å². The Balaban J connectivity index is 2.26. The smallest absolute Gasteiger partial charge is 0.160 e. The van der Waals surface area contributed by atoms with Crippen LogP contribution in [-0.4, -0.2) is 11.7 Å². The summed E-state index contributed by atoms with van der Waals surface area (Å²) >= 11 is 5.31. The van der Waals surface area contributed by atoms with Gasteiger partial charge in [0, 0.05) is 12.3 Å². The van der Waals surface area contributed by atoms with Crippen molar-refractivity contribution in [3.8, 4) is 0 Å². The Morgan fingerprint density at radius 2 is 1.42 bits per heavy atom. The van der Waals surface area contributed by atoms with E-state index in [-0.39, 0.29) is 5.92 Å². The predicted molar refractivity (Wildman–Crippen MR) is 83.6 cm³/mol. The van der Waals surface area contributed by atoms with Gasteiger partial charge in [-0.15, -0.1) is 0 Å². The van der Waals surface area contributed by atoms with Crippen molar-refractivity contribution in [3.05, 3.63) is 71.8 Å². The van der Waals surface area contributed by atoms with Gasteiger partial charge in [0.05, 0.1) is 6.61 Å². The van der Waals surface area contributed by atoms with Gasteiger partial charge < -0.3 is 4.74 Å². The van der Waals surface area contributed by atoms with E-state index in [9.17, 15) is 0 Å². The monoisotopic (exact) mass is 270 g/mol. The zero-order valence-corrected chi connectivity index (χ0v) is 11.9. The Kier molecular flexibility index (Phi) is 5.10. The standard InChI is InChI=1S/C17H18OS/c1-2-18-17(19)13-16(14-9-5-3-6-10-14)15-11-7-4-8-12-15/h3-12,16H,2,13H2,1H3. The Hall–Kier alpha value is -1.67. The largest absolute Gasteiger partial charge is 0.487 e. The van der Waals surface area contributed by atoms with Crippen LogP contribution in [0.1, 0.15) is 30.4 Å². The Bertz CT molecular complexity index is 468. The second-order valence-corrected chi connectivity index (χ2v) is 4.84. The fraction of sp³-hybridized carbons (Fsp3) is 0.235. The summed E-state index contributed by atoms with van der Waals surface area (Å²) in [5.74, 6) is 0.265. The van der Waals surface area contributed by atoms with Crippen LogP contribution in [0.2, 0.25) is 0 Å². The van der Waals surface area contributed by atoms with E-state index in [0.717, 1.165) is 6.42 Å². The van der Waals surface area contributed by atoms with Crippen molar-refractivity contribution in [2.75, 3.05) is 6.61 Å². The average Bonchev–Trinajstić information content (AvgIpc) is 2.47. The molecule has 0 aliphatic rings. The van der Waals surface area contributed by atoms with Crippen molar-refractivity contribution in [3.63, 3.8) is 0 Å². The molecule has 19 heavy (non-hydrogen) atoms. The molecule has 2 aromatic rings. The molecule has 0 amide bonds. The maximum atomic E-state index is 5.45. The molecule has 2 aromatic carbocycles. The highest BCUT2D eigenvalue weighted by molar-refractivity contribution is 7.80. The van der Waals surface area contributed by atoms with Gasteiger partial charge in [0.25, 0.3) is 0 Å². The van der Waals surface area contributed by atoms with E-state index in [4.69, 9.17) is 17.0 Å².